The Labute approximate surface area is 329 Å². The lowest BCUT2D eigenvalue weighted by Gasteiger charge is -2.24. The van der Waals surface area contributed by atoms with Crippen molar-refractivity contribution in [1.82, 2.24) is 0 Å². The van der Waals surface area contributed by atoms with Crippen molar-refractivity contribution in [1.29, 1.82) is 0 Å². The number of carbonyl (C=O) groups excluding carboxylic acids is 1. The van der Waals surface area contributed by atoms with Crippen LogP contribution in [-0.2, 0) is 27.9 Å². The van der Waals surface area contributed by atoms with Gasteiger partial charge in [-0.15, -0.1) is 0 Å². The zero-order valence-electron chi connectivity index (χ0n) is 35.8. The molecule has 0 aliphatic rings. The molecule has 0 fully saturated rings. The summed E-state index contributed by atoms with van der Waals surface area (Å²) in [4.78, 5) is 22.9. The van der Waals surface area contributed by atoms with Crippen LogP contribution >= 0.6 is 7.82 Å². The molecule has 0 aliphatic carbocycles. The van der Waals surface area contributed by atoms with E-state index in [1.54, 1.807) is 0 Å². The highest BCUT2D eigenvalue weighted by molar-refractivity contribution is 7.47. The normalized spacial score (nSPS) is 13.8. The number of phosphoric acid groups is 1. The van der Waals surface area contributed by atoms with Crippen LogP contribution in [0.25, 0.3) is 0 Å². The van der Waals surface area contributed by atoms with Crippen molar-refractivity contribution in [3.63, 3.8) is 0 Å². The van der Waals surface area contributed by atoms with Gasteiger partial charge in [0.1, 0.15) is 19.3 Å². The molecule has 0 aromatic heterocycles. The van der Waals surface area contributed by atoms with E-state index >= 15 is 0 Å². The van der Waals surface area contributed by atoms with Gasteiger partial charge in [0.05, 0.1) is 34.4 Å². The number of unbranched alkanes of at least 4 members (excludes halogenated alkanes) is 26. The molecule has 0 bridgehead atoms. The predicted molar refractivity (Wildman–Crippen MR) is 224 cm³/mol. The first kappa shape index (κ1) is 52.2. The van der Waals surface area contributed by atoms with Crippen LogP contribution in [0.5, 0.6) is 0 Å². The minimum absolute atomic E-state index is 0.0906. The summed E-state index contributed by atoms with van der Waals surface area (Å²) in [6, 6.07) is 0. The lowest BCUT2D eigenvalue weighted by Crippen LogP contribution is -2.37. The molecule has 0 radical (unpaired) electrons. The number of carbonyl (C=O) groups is 1. The van der Waals surface area contributed by atoms with E-state index in [9.17, 15) is 14.3 Å². The minimum Gasteiger partial charge on any atom is -0.457 e. The summed E-state index contributed by atoms with van der Waals surface area (Å²) in [7, 11) is 1.67. The first-order valence-corrected chi connectivity index (χ1v) is 23.9. The molecule has 0 spiro atoms. The molecule has 8 nitrogen and oxygen atoms in total. The Morgan fingerprint density at radius 2 is 0.981 bits per heavy atom. The van der Waals surface area contributed by atoms with Gasteiger partial charge in [0, 0.05) is 13.0 Å². The number of nitrogens with zero attached hydrogens (tertiary/aromatic N) is 1. The number of quaternary nitrogens is 1. The Hall–Kier alpha value is -0.760. The topological polar surface area (TPSA) is 91.3 Å². The second-order valence-corrected chi connectivity index (χ2v) is 17.9. The van der Waals surface area contributed by atoms with Crippen molar-refractivity contribution in [3.8, 4) is 0 Å². The second kappa shape index (κ2) is 38.1. The Bertz CT molecular complexity index is 863. The average Bonchev–Trinajstić information content (AvgIpc) is 3.11. The van der Waals surface area contributed by atoms with Gasteiger partial charge in [-0.3, -0.25) is 13.8 Å². The zero-order valence-corrected chi connectivity index (χ0v) is 36.7. The number of ether oxygens (including phenoxy) is 2. The lowest BCUT2D eigenvalue weighted by atomic mass is 10.0. The fourth-order valence-electron chi connectivity index (χ4n) is 6.31. The summed E-state index contributed by atoms with van der Waals surface area (Å²) in [5.74, 6) is -0.312. The molecule has 1 N–H and O–H groups in total. The van der Waals surface area contributed by atoms with Gasteiger partial charge in [0.2, 0.25) is 0 Å². The Kier molecular flexibility index (Phi) is 37.6. The van der Waals surface area contributed by atoms with E-state index in [2.05, 4.69) is 26.0 Å². The summed E-state index contributed by atoms with van der Waals surface area (Å²) < 4.78 is 35.0. The molecule has 316 valence electrons. The van der Waals surface area contributed by atoms with Crippen molar-refractivity contribution >= 4 is 13.8 Å². The maximum absolute atomic E-state index is 12.7. The highest BCUT2D eigenvalue weighted by Gasteiger charge is 2.26. The molecule has 2 atom stereocenters. The largest absolute Gasteiger partial charge is 0.472 e. The molecule has 0 aliphatic heterocycles. The molecule has 0 amide bonds. The van der Waals surface area contributed by atoms with Crippen LogP contribution in [0.2, 0.25) is 0 Å². The van der Waals surface area contributed by atoms with Gasteiger partial charge < -0.3 is 18.9 Å². The van der Waals surface area contributed by atoms with Crippen LogP contribution in [0.15, 0.2) is 12.2 Å². The first-order valence-electron chi connectivity index (χ1n) is 22.4. The van der Waals surface area contributed by atoms with Gasteiger partial charge >= 0.3 is 13.8 Å². The molecule has 53 heavy (non-hydrogen) atoms. The van der Waals surface area contributed by atoms with E-state index in [1.165, 1.54) is 154 Å². The molecule has 0 aromatic rings. The Morgan fingerprint density at radius 1 is 0.566 bits per heavy atom. The van der Waals surface area contributed by atoms with Crippen LogP contribution in [0.1, 0.15) is 206 Å². The van der Waals surface area contributed by atoms with Gasteiger partial charge in [0.25, 0.3) is 0 Å². The van der Waals surface area contributed by atoms with E-state index in [0.29, 0.717) is 24.1 Å². The number of phosphoric ester groups is 1. The summed E-state index contributed by atoms with van der Waals surface area (Å²) in [6.45, 7) is 5.63. The van der Waals surface area contributed by atoms with Crippen LogP contribution in [0.3, 0.4) is 0 Å². The van der Waals surface area contributed by atoms with E-state index in [-0.39, 0.29) is 25.8 Å². The average molecular weight is 775 g/mol. The van der Waals surface area contributed by atoms with E-state index in [1.807, 2.05) is 21.1 Å². The molecule has 0 rings (SSSR count). The molecule has 2 unspecified atom stereocenters. The van der Waals surface area contributed by atoms with Gasteiger partial charge in [-0.25, -0.2) is 4.57 Å². The summed E-state index contributed by atoms with van der Waals surface area (Å²) >= 11 is 0. The molecule has 0 heterocycles. The minimum atomic E-state index is -4.27. The number of esters is 1. The maximum Gasteiger partial charge on any atom is 0.472 e. The van der Waals surface area contributed by atoms with Crippen LogP contribution in [-0.4, -0.2) is 75.6 Å². The molecular formula is C44H89NO7P+. The second-order valence-electron chi connectivity index (χ2n) is 16.4. The molecule has 0 saturated carbocycles. The number of allylic oxidation sites excluding steroid dienone is 2. The van der Waals surface area contributed by atoms with E-state index < -0.39 is 13.9 Å². The number of hydrogen-bond donors (Lipinski definition) is 1. The monoisotopic (exact) mass is 775 g/mol. The maximum atomic E-state index is 12.7. The predicted octanol–water partition coefficient (Wildman–Crippen LogP) is 13.1. The third-order valence-corrected chi connectivity index (χ3v) is 10.8. The molecule has 0 saturated heterocycles. The fourth-order valence-corrected chi connectivity index (χ4v) is 7.05. The van der Waals surface area contributed by atoms with Crippen molar-refractivity contribution in [2.75, 3.05) is 54.1 Å². The molecular weight excluding hydrogens is 685 g/mol. The number of hydrogen-bond acceptors (Lipinski definition) is 6. The third kappa shape index (κ3) is 42.2. The Morgan fingerprint density at radius 3 is 1.45 bits per heavy atom. The standard InChI is InChI=1S/C44H88NO7P/c1-6-8-10-12-14-16-18-20-22-23-24-25-27-29-31-33-35-37-44(46)52-43(42-51-53(47,48)50-40-38-45(3,4)5)41-49-39-36-34-32-30-28-26-21-19-17-15-13-11-9-7-2/h17,19,43H,6-16,18,20-42H2,1-5H3/p+1/b19-17-. The van der Waals surface area contributed by atoms with Crippen molar-refractivity contribution in [2.24, 2.45) is 0 Å². The molecule has 0 aromatic carbocycles. The Balaban J connectivity index is 4.19. The smallest absolute Gasteiger partial charge is 0.457 e. The zero-order chi connectivity index (χ0) is 39.1. The van der Waals surface area contributed by atoms with Gasteiger partial charge in [0.15, 0.2) is 0 Å². The summed E-state index contributed by atoms with van der Waals surface area (Å²) in [5.41, 5.74) is 0. The number of rotatable bonds is 42. The third-order valence-electron chi connectivity index (χ3n) is 9.83. The first-order chi connectivity index (χ1) is 25.6. The van der Waals surface area contributed by atoms with Gasteiger partial charge in [-0.1, -0.05) is 174 Å². The lowest BCUT2D eigenvalue weighted by molar-refractivity contribution is -0.870. The molecule has 9 heteroatoms. The van der Waals surface area contributed by atoms with Crippen molar-refractivity contribution in [2.45, 2.75) is 213 Å². The van der Waals surface area contributed by atoms with Crippen LogP contribution in [0, 0.1) is 0 Å². The van der Waals surface area contributed by atoms with Crippen molar-refractivity contribution in [3.05, 3.63) is 12.2 Å². The highest BCUT2D eigenvalue weighted by atomic mass is 31.2. The van der Waals surface area contributed by atoms with Crippen molar-refractivity contribution < 1.29 is 37.3 Å². The van der Waals surface area contributed by atoms with E-state index in [0.717, 1.165) is 32.1 Å². The summed E-state index contributed by atoms with van der Waals surface area (Å²) in [6.07, 6.45) is 40.9. The fraction of sp³-hybridized carbons (Fsp3) is 0.932. The SMILES string of the molecule is CCCCCC/C=C\CCCCCCCCOCC(COP(=O)(O)OCC[N+](C)(C)C)OC(=O)CCCCCCCCCCCCCCCCCCC. The van der Waals surface area contributed by atoms with Gasteiger partial charge in [-0.05, 0) is 38.5 Å². The highest BCUT2D eigenvalue weighted by Crippen LogP contribution is 2.43. The summed E-state index contributed by atoms with van der Waals surface area (Å²) in [5, 5.41) is 0. The van der Waals surface area contributed by atoms with Crippen LogP contribution < -0.4 is 0 Å². The quantitative estimate of drug-likeness (QED) is 0.0217. The van der Waals surface area contributed by atoms with E-state index in [4.69, 9.17) is 18.5 Å². The van der Waals surface area contributed by atoms with Gasteiger partial charge in [-0.2, -0.15) is 0 Å². The number of likely N-dealkylation sites (N-methyl/N-ethyl adjacent to an activating group) is 1. The van der Waals surface area contributed by atoms with Crippen LogP contribution in [0.4, 0.5) is 0 Å².